The van der Waals surface area contributed by atoms with E-state index >= 15 is 0 Å². The minimum absolute atomic E-state index is 0.271. The van der Waals surface area contributed by atoms with E-state index < -0.39 is 6.10 Å². The van der Waals surface area contributed by atoms with Gasteiger partial charge in [-0.15, -0.1) is 5.11 Å². The predicted molar refractivity (Wildman–Crippen MR) is 80.0 cm³/mol. The van der Waals surface area contributed by atoms with Gasteiger partial charge in [0.25, 0.3) is 0 Å². The number of nitrogens with zero attached hydrogens (tertiary/aromatic N) is 2. The Balaban J connectivity index is 0.000000383. The van der Waals surface area contributed by atoms with Gasteiger partial charge in [-0.1, -0.05) is 60.7 Å². The largest absolute Gasteiger partial charge is 0.380 e. The summed E-state index contributed by atoms with van der Waals surface area (Å²) in [5.74, 6) is 4.22. The summed E-state index contributed by atoms with van der Waals surface area (Å²) in [6.45, 7) is 0. The molecular weight excluding hydrogens is 268 g/mol. The number of aliphatic hydroxyl groups excluding tert-OH is 1. The molecule has 0 saturated carbocycles. The predicted octanol–water partition coefficient (Wildman–Crippen LogP) is 2.52. The Labute approximate surface area is 122 Å². The SMILES string of the molecule is N=NC=NN.O=C(c1ccccc1)C(O)c1ccccc1. The zero-order chi connectivity index (χ0) is 15.5. The summed E-state index contributed by atoms with van der Waals surface area (Å²) in [6.07, 6.45) is -0.136. The van der Waals surface area contributed by atoms with Crippen LogP contribution in [0.25, 0.3) is 0 Å². The first-order valence-electron chi connectivity index (χ1n) is 6.11. The maximum atomic E-state index is 11.9. The molecule has 1 atom stereocenters. The quantitative estimate of drug-likeness (QED) is 0.200. The minimum atomic E-state index is -1.08. The minimum Gasteiger partial charge on any atom is -0.380 e. The number of hydrazone groups is 1. The summed E-state index contributed by atoms with van der Waals surface area (Å²) in [6, 6.07) is 17.7. The standard InChI is InChI=1S/C14H12O2.CH4N4/c15-13(11-7-3-1-4-8-11)14(16)12-9-5-2-6-10-12;2-4-1-5-3/h1-10,13,15H;1-2H,3H2. The molecule has 0 bridgehead atoms. The van der Waals surface area contributed by atoms with Gasteiger partial charge in [0, 0.05) is 5.56 Å². The van der Waals surface area contributed by atoms with Gasteiger partial charge in [0.2, 0.25) is 0 Å². The smallest absolute Gasteiger partial charge is 0.195 e. The number of carbonyl (C=O) groups is 1. The first kappa shape index (κ1) is 16.2. The van der Waals surface area contributed by atoms with Crippen LogP contribution in [-0.4, -0.2) is 17.2 Å². The third-order valence-corrected chi connectivity index (χ3v) is 2.55. The van der Waals surface area contributed by atoms with E-state index in [1.54, 1.807) is 48.5 Å². The Bertz CT molecular complexity index is 585. The van der Waals surface area contributed by atoms with Crippen molar-refractivity contribution in [1.82, 2.24) is 0 Å². The van der Waals surface area contributed by atoms with Crippen molar-refractivity contribution in [3.8, 4) is 0 Å². The average Bonchev–Trinajstić information content (AvgIpc) is 2.56. The highest BCUT2D eigenvalue weighted by molar-refractivity contribution is 5.99. The van der Waals surface area contributed by atoms with E-state index in [9.17, 15) is 9.90 Å². The van der Waals surface area contributed by atoms with Gasteiger partial charge in [-0.25, -0.2) is 5.53 Å². The van der Waals surface area contributed by atoms with Crippen molar-refractivity contribution in [3.63, 3.8) is 0 Å². The number of hydrogen-bond acceptors (Lipinski definition) is 5. The molecule has 0 spiro atoms. The lowest BCUT2D eigenvalue weighted by molar-refractivity contribution is 0.0747. The number of nitrogens with one attached hydrogen (secondary N) is 1. The fourth-order valence-corrected chi connectivity index (χ4v) is 1.58. The maximum absolute atomic E-state index is 11.9. The molecule has 0 amide bonds. The molecule has 21 heavy (non-hydrogen) atoms. The van der Waals surface area contributed by atoms with E-state index in [0.717, 1.165) is 6.34 Å². The van der Waals surface area contributed by atoms with Crippen LogP contribution in [0.15, 0.2) is 70.9 Å². The number of nitrogens with two attached hydrogens (primary N) is 1. The van der Waals surface area contributed by atoms with E-state index in [2.05, 4.69) is 16.1 Å². The molecule has 2 rings (SSSR count). The third-order valence-electron chi connectivity index (χ3n) is 2.55. The number of benzene rings is 2. The summed E-state index contributed by atoms with van der Waals surface area (Å²) in [7, 11) is 0. The van der Waals surface area contributed by atoms with Crippen LogP contribution in [0.4, 0.5) is 0 Å². The highest BCUT2D eigenvalue weighted by atomic mass is 16.3. The zero-order valence-corrected chi connectivity index (χ0v) is 11.3. The van der Waals surface area contributed by atoms with Crippen LogP contribution in [0.3, 0.4) is 0 Å². The summed E-state index contributed by atoms with van der Waals surface area (Å²) in [5, 5.41) is 15.5. The molecule has 1 unspecified atom stereocenters. The summed E-state index contributed by atoms with van der Waals surface area (Å²) < 4.78 is 0. The summed E-state index contributed by atoms with van der Waals surface area (Å²) in [5.41, 5.74) is 7.15. The van der Waals surface area contributed by atoms with Gasteiger partial charge in [-0.05, 0) is 5.56 Å². The number of carbonyl (C=O) groups excluding carboxylic acids is 1. The maximum Gasteiger partial charge on any atom is 0.195 e. The Morgan fingerprint density at radius 2 is 1.62 bits per heavy atom. The molecule has 2 aromatic rings. The van der Waals surface area contributed by atoms with Crippen LogP contribution in [-0.2, 0) is 0 Å². The third kappa shape index (κ3) is 5.33. The van der Waals surface area contributed by atoms with Crippen LogP contribution in [0.2, 0.25) is 0 Å². The number of hydrogen-bond donors (Lipinski definition) is 3. The van der Waals surface area contributed by atoms with E-state index in [1.807, 2.05) is 12.1 Å². The first-order valence-corrected chi connectivity index (χ1v) is 6.11. The fraction of sp³-hybridized carbons (Fsp3) is 0.0667. The van der Waals surface area contributed by atoms with E-state index in [-0.39, 0.29) is 5.78 Å². The molecule has 0 aliphatic carbocycles. The van der Waals surface area contributed by atoms with Crippen molar-refractivity contribution in [2.24, 2.45) is 16.1 Å². The monoisotopic (exact) mass is 284 g/mol. The molecule has 4 N–H and O–H groups in total. The van der Waals surface area contributed by atoms with Crippen LogP contribution in [0, 0.1) is 5.53 Å². The highest BCUT2D eigenvalue weighted by Gasteiger charge is 2.18. The zero-order valence-electron chi connectivity index (χ0n) is 11.3. The fourth-order valence-electron chi connectivity index (χ4n) is 1.58. The molecule has 0 aliphatic rings. The van der Waals surface area contributed by atoms with Gasteiger partial charge in [0.05, 0.1) is 0 Å². The van der Waals surface area contributed by atoms with E-state index in [0.29, 0.717) is 11.1 Å². The van der Waals surface area contributed by atoms with Crippen LogP contribution < -0.4 is 5.84 Å². The van der Waals surface area contributed by atoms with Crippen LogP contribution >= 0.6 is 0 Å². The van der Waals surface area contributed by atoms with Crippen LogP contribution in [0.1, 0.15) is 22.0 Å². The molecule has 108 valence electrons. The number of aliphatic hydroxyl groups is 1. The van der Waals surface area contributed by atoms with Crippen molar-refractivity contribution in [2.75, 3.05) is 0 Å². The lowest BCUT2D eigenvalue weighted by Gasteiger charge is -2.09. The van der Waals surface area contributed by atoms with Gasteiger partial charge >= 0.3 is 0 Å². The van der Waals surface area contributed by atoms with Gasteiger partial charge < -0.3 is 10.9 Å². The number of rotatable bonds is 4. The van der Waals surface area contributed by atoms with Gasteiger partial charge in [0.1, 0.15) is 6.10 Å². The molecule has 0 aliphatic heterocycles. The van der Waals surface area contributed by atoms with Crippen molar-refractivity contribution >= 4 is 12.1 Å². The Kier molecular flexibility index (Phi) is 7.02. The molecule has 2 aromatic carbocycles. The molecule has 0 aromatic heterocycles. The Morgan fingerprint density at radius 3 is 2.05 bits per heavy atom. The van der Waals surface area contributed by atoms with Crippen molar-refractivity contribution in [1.29, 1.82) is 5.53 Å². The second-order valence-corrected chi connectivity index (χ2v) is 3.94. The van der Waals surface area contributed by atoms with E-state index in [1.165, 1.54) is 0 Å². The first-order chi connectivity index (χ1) is 10.2. The topological polar surface area (TPSA) is 112 Å². The molecule has 6 heteroatoms. The highest BCUT2D eigenvalue weighted by Crippen LogP contribution is 2.17. The van der Waals surface area contributed by atoms with Crippen molar-refractivity contribution in [3.05, 3.63) is 71.8 Å². The number of Topliss-reactive ketones (excluding diaryl/α,β-unsaturated/α-hetero) is 1. The molecule has 0 heterocycles. The second kappa shape index (κ2) is 9.11. The van der Waals surface area contributed by atoms with Crippen molar-refractivity contribution < 1.29 is 9.90 Å². The molecular formula is C15H16N4O2. The summed E-state index contributed by atoms with van der Waals surface area (Å²) in [4.78, 5) is 11.9. The molecule has 0 saturated heterocycles. The van der Waals surface area contributed by atoms with Crippen LogP contribution in [0.5, 0.6) is 0 Å². The van der Waals surface area contributed by atoms with E-state index in [4.69, 9.17) is 5.53 Å². The van der Waals surface area contributed by atoms with Gasteiger partial charge in [-0.3, -0.25) is 4.79 Å². The normalized spacial score (nSPS) is 11.3. The second-order valence-electron chi connectivity index (χ2n) is 3.94. The molecule has 0 fully saturated rings. The van der Waals surface area contributed by atoms with Gasteiger partial charge in [-0.2, -0.15) is 5.10 Å². The molecule has 6 nitrogen and oxygen atoms in total. The lowest BCUT2D eigenvalue weighted by atomic mass is 10.0. The number of ketones is 1. The lowest BCUT2D eigenvalue weighted by Crippen LogP contribution is -2.11. The van der Waals surface area contributed by atoms with Crippen molar-refractivity contribution in [2.45, 2.75) is 6.10 Å². The Hall–Kier alpha value is -2.86. The van der Waals surface area contributed by atoms with Gasteiger partial charge in [0.15, 0.2) is 12.1 Å². The molecule has 0 radical (unpaired) electrons. The Morgan fingerprint density at radius 1 is 1.10 bits per heavy atom. The average molecular weight is 284 g/mol. The summed E-state index contributed by atoms with van der Waals surface area (Å²) >= 11 is 0.